The highest BCUT2D eigenvalue weighted by atomic mass is 16.5. The number of ether oxygens (including phenoxy) is 1. The average Bonchev–Trinajstić information content (AvgIpc) is 3.95. The summed E-state index contributed by atoms with van der Waals surface area (Å²) in [6, 6.07) is 61.2. The lowest BCUT2D eigenvalue weighted by Gasteiger charge is -2.43. The van der Waals surface area contributed by atoms with E-state index in [1.807, 2.05) is 0 Å². The standard InChI is InChI=1S/C56H39NO/c1-2-19-39(20-3-1)55(40-28-30-41(31-29-40)57-35-33-36-14-6-11-27-49(36)57)34-32-45-53-52(42-21-7-8-22-43(42)54(45)58-55)44-23-9-10-24-46(44)56(53)47-25-12-17-37-15-4-5-16-38-18-13-26-48(56)51(38)50(37)47/h1-31H,32-35H2/b5-4-,15-4?,16-5?,37-15-,38-16?. The van der Waals surface area contributed by atoms with E-state index in [0.29, 0.717) is 0 Å². The van der Waals surface area contributed by atoms with Crippen LogP contribution < -0.4 is 20.1 Å². The van der Waals surface area contributed by atoms with Crippen molar-refractivity contribution in [3.05, 3.63) is 241 Å². The number of hydrogen-bond acceptors (Lipinski definition) is 2. The highest BCUT2D eigenvalue weighted by molar-refractivity contribution is 6.08. The van der Waals surface area contributed by atoms with Gasteiger partial charge in [-0.15, -0.1) is 0 Å². The molecule has 0 fully saturated rings. The summed E-state index contributed by atoms with van der Waals surface area (Å²) in [5.41, 5.74) is 14.7. The first kappa shape index (κ1) is 32.2. The van der Waals surface area contributed by atoms with Gasteiger partial charge in [-0.05, 0) is 108 Å². The van der Waals surface area contributed by atoms with Gasteiger partial charge in [-0.3, -0.25) is 0 Å². The Morgan fingerprint density at radius 3 is 1.93 bits per heavy atom. The van der Waals surface area contributed by atoms with Crippen molar-refractivity contribution in [1.82, 2.24) is 0 Å². The molecular formula is C56H39NO. The van der Waals surface area contributed by atoms with Gasteiger partial charge in [-0.1, -0.05) is 170 Å². The second-order valence-corrected chi connectivity index (χ2v) is 16.5. The summed E-state index contributed by atoms with van der Waals surface area (Å²) >= 11 is 0. The number of fused-ring (bicyclic) bond motifs is 13. The molecule has 0 aromatic heterocycles. The third-order valence-electron chi connectivity index (χ3n) is 13.9. The van der Waals surface area contributed by atoms with Crippen molar-refractivity contribution in [2.75, 3.05) is 11.4 Å². The molecule has 5 aliphatic rings. The minimum Gasteiger partial charge on any atom is -0.477 e. The molecule has 0 amide bonds. The van der Waals surface area contributed by atoms with E-state index in [9.17, 15) is 0 Å². The van der Waals surface area contributed by atoms with E-state index in [-0.39, 0.29) is 0 Å². The molecular weight excluding hydrogens is 703 g/mol. The van der Waals surface area contributed by atoms with Crippen LogP contribution in [-0.2, 0) is 23.9 Å². The number of hydrogen-bond donors (Lipinski definition) is 0. The molecule has 274 valence electrons. The van der Waals surface area contributed by atoms with Gasteiger partial charge in [-0.2, -0.15) is 0 Å². The van der Waals surface area contributed by atoms with E-state index in [0.717, 1.165) is 31.6 Å². The van der Waals surface area contributed by atoms with Gasteiger partial charge >= 0.3 is 0 Å². The summed E-state index contributed by atoms with van der Waals surface area (Å²) < 4.78 is 7.89. The van der Waals surface area contributed by atoms with Crippen LogP contribution in [0, 0.1) is 10.4 Å². The molecule has 0 bridgehead atoms. The van der Waals surface area contributed by atoms with Crippen LogP contribution in [0.25, 0.3) is 34.1 Å². The van der Waals surface area contributed by atoms with Crippen LogP contribution >= 0.6 is 0 Å². The zero-order chi connectivity index (χ0) is 38.0. The lowest BCUT2D eigenvalue weighted by Crippen LogP contribution is -2.39. The first-order valence-electron chi connectivity index (χ1n) is 20.8. The minimum absolute atomic E-state index is 0.494. The molecule has 2 heterocycles. The first-order valence-corrected chi connectivity index (χ1v) is 20.8. The Morgan fingerprint density at radius 2 is 1.16 bits per heavy atom. The number of para-hydroxylation sites is 1. The Hall–Kier alpha value is -6.90. The van der Waals surface area contributed by atoms with Gasteiger partial charge in [0.1, 0.15) is 5.75 Å². The van der Waals surface area contributed by atoms with Gasteiger partial charge in [0.15, 0.2) is 5.60 Å². The third-order valence-corrected chi connectivity index (χ3v) is 13.9. The van der Waals surface area contributed by atoms with E-state index in [4.69, 9.17) is 4.74 Å². The number of anilines is 2. The number of allylic oxidation sites excluding steroid dienone is 2. The smallest absolute Gasteiger partial charge is 0.159 e. The normalized spacial score (nSPS) is 21.0. The minimum atomic E-state index is -0.675. The topological polar surface area (TPSA) is 12.5 Å². The fraction of sp³-hybridized carbons (Fsp3) is 0.107. The summed E-state index contributed by atoms with van der Waals surface area (Å²) in [5.74, 6) is 1.01. The molecule has 0 saturated carbocycles. The highest BCUT2D eigenvalue weighted by Gasteiger charge is 2.53. The summed E-state index contributed by atoms with van der Waals surface area (Å²) in [5, 5.41) is 7.68. The van der Waals surface area contributed by atoms with Crippen LogP contribution in [-0.4, -0.2) is 6.54 Å². The molecule has 8 aromatic rings. The van der Waals surface area contributed by atoms with Gasteiger partial charge in [0, 0.05) is 34.4 Å². The first-order chi connectivity index (χ1) is 28.8. The number of nitrogens with zero attached hydrogens (tertiary/aromatic N) is 1. The molecule has 2 aliphatic heterocycles. The maximum atomic E-state index is 7.89. The van der Waals surface area contributed by atoms with E-state index < -0.39 is 11.0 Å². The van der Waals surface area contributed by atoms with Crippen molar-refractivity contribution >= 4 is 34.3 Å². The second kappa shape index (κ2) is 11.8. The van der Waals surface area contributed by atoms with E-state index >= 15 is 0 Å². The maximum absolute atomic E-state index is 7.89. The Bertz CT molecular complexity index is 3250. The molecule has 8 aromatic carbocycles. The molecule has 2 unspecified atom stereocenters. The zero-order valence-corrected chi connectivity index (χ0v) is 32.1. The van der Waals surface area contributed by atoms with Crippen molar-refractivity contribution in [1.29, 1.82) is 0 Å². The fourth-order valence-corrected chi connectivity index (χ4v) is 11.6. The number of rotatable bonds is 3. The quantitative estimate of drug-likeness (QED) is 0.179. The Morgan fingerprint density at radius 1 is 0.517 bits per heavy atom. The molecule has 2 atom stereocenters. The van der Waals surface area contributed by atoms with Crippen molar-refractivity contribution in [3.63, 3.8) is 0 Å². The van der Waals surface area contributed by atoms with Crippen molar-refractivity contribution < 1.29 is 4.74 Å². The molecule has 0 N–H and O–H groups in total. The molecule has 1 spiro atoms. The summed E-state index contributed by atoms with van der Waals surface area (Å²) in [6.07, 6.45) is 11.7. The van der Waals surface area contributed by atoms with Gasteiger partial charge in [0.05, 0.1) is 5.41 Å². The molecule has 2 heteroatoms. The van der Waals surface area contributed by atoms with Gasteiger partial charge in [-0.25, -0.2) is 0 Å². The van der Waals surface area contributed by atoms with E-state index in [2.05, 4.69) is 193 Å². The van der Waals surface area contributed by atoms with Crippen LogP contribution in [0.15, 0.2) is 176 Å². The molecule has 0 radical (unpaired) electrons. The van der Waals surface area contributed by atoms with Crippen LogP contribution in [0.5, 0.6) is 5.75 Å². The van der Waals surface area contributed by atoms with E-state index in [1.54, 1.807) is 0 Å². The van der Waals surface area contributed by atoms with Crippen molar-refractivity contribution in [3.8, 4) is 16.9 Å². The van der Waals surface area contributed by atoms with Crippen molar-refractivity contribution in [2.24, 2.45) is 0 Å². The largest absolute Gasteiger partial charge is 0.477 e. The van der Waals surface area contributed by atoms with Gasteiger partial charge in [0.25, 0.3) is 0 Å². The van der Waals surface area contributed by atoms with Gasteiger partial charge < -0.3 is 9.64 Å². The predicted octanol–water partition coefficient (Wildman–Crippen LogP) is 10.9. The Labute approximate surface area is 337 Å². The highest BCUT2D eigenvalue weighted by Crippen LogP contribution is 2.63. The zero-order valence-electron chi connectivity index (χ0n) is 32.1. The molecule has 0 saturated heterocycles. The number of benzene rings is 8. The molecule has 3 aliphatic carbocycles. The second-order valence-electron chi connectivity index (χ2n) is 16.5. The van der Waals surface area contributed by atoms with Crippen LogP contribution in [0.3, 0.4) is 0 Å². The summed E-state index contributed by atoms with van der Waals surface area (Å²) in [4.78, 5) is 2.46. The molecule has 13 rings (SSSR count). The third kappa shape index (κ3) is 4.07. The lowest BCUT2D eigenvalue weighted by molar-refractivity contribution is 0.0868. The average molecular weight is 742 g/mol. The van der Waals surface area contributed by atoms with Crippen LogP contribution in [0.1, 0.15) is 50.9 Å². The lowest BCUT2D eigenvalue weighted by atomic mass is 9.67. The Balaban J connectivity index is 1.08. The summed E-state index contributed by atoms with van der Waals surface area (Å²) in [7, 11) is 0. The molecule has 2 nitrogen and oxygen atoms in total. The van der Waals surface area contributed by atoms with Gasteiger partial charge in [0.2, 0.25) is 0 Å². The SMILES string of the molecule is C1=c2cccc3c2=c2c(ccc/c2=C/C=C\1)C31c2ccccc2-c2c1c1c(c3ccccc23)OC(c2ccccc2)(c2ccc(N3CCc4ccccc43)cc2)CC1. The monoisotopic (exact) mass is 741 g/mol. The van der Waals surface area contributed by atoms with Crippen LogP contribution in [0.2, 0.25) is 0 Å². The summed E-state index contributed by atoms with van der Waals surface area (Å²) in [6.45, 7) is 0.995. The van der Waals surface area contributed by atoms with E-state index in [1.165, 1.54) is 98.7 Å². The fourth-order valence-electron chi connectivity index (χ4n) is 11.6. The maximum Gasteiger partial charge on any atom is 0.159 e. The molecule has 58 heavy (non-hydrogen) atoms. The van der Waals surface area contributed by atoms with Crippen molar-refractivity contribution in [2.45, 2.75) is 30.3 Å². The predicted molar refractivity (Wildman–Crippen MR) is 236 cm³/mol. The Kier molecular flexibility index (Phi) is 6.56. The van der Waals surface area contributed by atoms with Crippen LogP contribution in [0.4, 0.5) is 11.4 Å².